The van der Waals surface area contributed by atoms with Gasteiger partial charge in [0.05, 0.1) is 5.41 Å². The molecule has 0 unspecified atom stereocenters. The number of aryl methyl sites for hydroxylation is 2. The van der Waals surface area contributed by atoms with Gasteiger partial charge in [-0.25, -0.2) is 0 Å². The van der Waals surface area contributed by atoms with Crippen molar-refractivity contribution in [3.05, 3.63) is 82.8 Å². The summed E-state index contributed by atoms with van der Waals surface area (Å²) in [7, 11) is 1.68. The number of nitrogens with zero attached hydrogens (tertiary/aromatic N) is 2. The lowest BCUT2D eigenvalue weighted by atomic mass is 9.75. The predicted octanol–water partition coefficient (Wildman–Crippen LogP) is 3.15. The first-order valence-electron chi connectivity index (χ1n) is 12.4. The number of benzene rings is 2. The smallest absolute Gasteiger partial charge is 0.274 e. The average molecular weight is 498 g/mol. The molecule has 37 heavy (non-hydrogen) atoms. The molecule has 1 fully saturated rings. The molecular formula is C28H27N5O4. The molecule has 1 saturated heterocycles. The minimum Gasteiger partial charge on any atom is -0.381 e. The van der Waals surface area contributed by atoms with Gasteiger partial charge in [-0.15, -0.1) is 0 Å². The summed E-state index contributed by atoms with van der Waals surface area (Å²) in [6.07, 6.45) is 4.23. The van der Waals surface area contributed by atoms with Crippen molar-refractivity contribution < 1.29 is 19.1 Å². The average Bonchev–Trinajstić information content (AvgIpc) is 3.59. The fourth-order valence-corrected chi connectivity index (χ4v) is 5.65. The Hall–Kier alpha value is -4.24. The van der Waals surface area contributed by atoms with Crippen molar-refractivity contribution in [3.63, 3.8) is 0 Å². The van der Waals surface area contributed by atoms with Crippen LogP contribution in [-0.4, -0.2) is 40.7 Å². The van der Waals surface area contributed by atoms with E-state index in [0.717, 1.165) is 28.7 Å². The lowest BCUT2D eigenvalue weighted by Gasteiger charge is -2.31. The van der Waals surface area contributed by atoms with Gasteiger partial charge in [0, 0.05) is 37.8 Å². The Morgan fingerprint density at radius 1 is 1.08 bits per heavy atom. The number of carbonyl (C=O) groups excluding carboxylic acids is 3. The van der Waals surface area contributed by atoms with Gasteiger partial charge >= 0.3 is 0 Å². The quantitative estimate of drug-likeness (QED) is 0.479. The Morgan fingerprint density at radius 2 is 1.89 bits per heavy atom. The van der Waals surface area contributed by atoms with Crippen molar-refractivity contribution in [1.29, 1.82) is 0 Å². The monoisotopic (exact) mass is 497 g/mol. The largest absolute Gasteiger partial charge is 0.381 e. The number of carbonyl (C=O) groups is 3. The van der Waals surface area contributed by atoms with Crippen LogP contribution in [0.1, 0.15) is 46.4 Å². The molecule has 6 rings (SSSR count). The highest BCUT2D eigenvalue weighted by molar-refractivity contribution is 6.13. The van der Waals surface area contributed by atoms with Crippen LogP contribution in [0, 0.1) is 0 Å². The maximum atomic E-state index is 13.6. The van der Waals surface area contributed by atoms with Gasteiger partial charge in [0.2, 0.25) is 5.91 Å². The molecule has 1 spiro atoms. The molecular weight excluding hydrogens is 470 g/mol. The Balaban J connectivity index is 1.32. The second-order valence-electron chi connectivity index (χ2n) is 9.67. The number of allylic oxidation sites excluding steroid dienone is 1. The number of anilines is 2. The third kappa shape index (κ3) is 3.92. The lowest BCUT2D eigenvalue weighted by Crippen LogP contribution is -2.39. The summed E-state index contributed by atoms with van der Waals surface area (Å²) in [6.45, 7) is 1.08. The van der Waals surface area contributed by atoms with Crippen LogP contribution in [0.3, 0.4) is 0 Å². The molecule has 2 aliphatic heterocycles. The van der Waals surface area contributed by atoms with E-state index in [1.54, 1.807) is 19.2 Å². The zero-order valence-electron chi connectivity index (χ0n) is 20.5. The van der Waals surface area contributed by atoms with Crippen molar-refractivity contribution in [2.24, 2.45) is 7.05 Å². The summed E-state index contributed by atoms with van der Waals surface area (Å²) in [5.74, 6) is -0.861. The molecule has 1 aliphatic carbocycles. The minimum absolute atomic E-state index is 0.0249. The maximum absolute atomic E-state index is 13.6. The summed E-state index contributed by atoms with van der Waals surface area (Å²) in [5.41, 5.74) is 5.04. The molecule has 3 amide bonds. The highest BCUT2D eigenvalue weighted by atomic mass is 16.5. The number of amides is 3. The van der Waals surface area contributed by atoms with Crippen molar-refractivity contribution in [2.75, 3.05) is 23.8 Å². The van der Waals surface area contributed by atoms with Gasteiger partial charge < -0.3 is 20.7 Å². The van der Waals surface area contributed by atoms with E-state index in [1.807, 2.05) is 36.4 Å². The maximum Gasteiger partial charge on any atom is 0.274 e. The van der Waals surface area contributed by atoms with E-state index in [-0.39, 0.29) is 11.6 Å². The third-order valence-corrected chi connectivity index (χ3v) is 7.63. The Bertz CT molecular complexity index is 1460. The van der Waals surface area contributed by atoms with Gasteiger partial charge in [-0.2, -0.15) is 5.10 Å². The van der Waals surface area contributed by atoms with Crippen LogP contribution in [-0.2, 0) is 33.2 Å². The Kier molecular flexibility index (Phi) is 5.64. The first-order valence-corrected chi connectivity index (χ1v) is 12.4. The van der Waals surface area contributed by atoms with Crippen LogP contribution >= 0.6 is 0 Å². The summed E-state index contributed by atoms with van der Waals surface area (Å²) in [5, 5.41) is 12.8. The zero-order chi connectivity index (χ0) is 25.6. The van der Waals surface area contributed by atoms with E-state index in [4.69, 9.17) is 4.74 Å². The lowest BCUT2D eigenvalue weighted by molar-refractivity contribution is -0.124. The van der Waals surface area contributed by atoms with Gasteiger partial charge in [-0.05, 0) is 66.1 Å². The predicted molar refractivity (Wildman–Crippen MR) is 138 cm³/mol. The van der Waals surface area contributed by atoms with Crippen molar-refractivity contribution in [2.45, 2.75) is 31.1 Å². The number of hydrogen-bond donors (Lipinski definition) is 3. The molecule has 9 heteroatoms. The summed E-state index contributed by atoms with van der Waals surface area (Å²) in [4.78, 5) is 39.6. The number of aromatic nitrogens is 2. The summed E-state index contributed by atoms with van der Waals surface area (Å²) >= 11 is 0. The van der Waals surface area contributed by atoms with Crippen molar-refractivity contribution in [1.82, 2.24) is 15.1 Å². The molecule has 0 bridgehead atoms. The molecule has 0 atom stereocenters. The van der Waals surface area contributed by atoms with Crippen LogP contribution < -0.4 is 16.0 Å². The molecule has 2 aromatic carbocycles. The molecule has 3 N–H and O–H groups in total. The van der Waals surface area contributed by atoms with Crippen molar-refractivity contribution >= 4 is 34.7 Å². The highest BCUT2D eigenvalue weighted by Gasteiger charge is 2.47. The van der Waals surface area contributed by atoms with E-state index < -0.39 is 17.2 Å². The Labute approximate surface area is 213 Å². The first kappa shape index (κ1) is 23.2. The second-order valence-corrected chi connectivity index (χ2v) is 9.67. The third-order valence-electron chi connectivity index (χ3n) is 7.63. The molecule has 3 aliphatic rings. The zero-order valence-corrected chi connectivity index (χ0v) is 20.5. The van der Waals surface area contributed by atoms with Gasteiger partial charge in [-0.3, -0.25) is 19.1 Å². The summed E-state index contributed by atoms with van der Waals surface area (Å²) < 4.78 is 6.95. The number of fused-ring (bicyclic) bond motifs is 3. The number of hydrogen-bond acceptors (Lipinski definition) is 5. The fraction of sp³-hybridized carbons (Fsp3) is 0.286. The second kappa shape index (κ2) is 9.01. The fourth-order valence-electron chi connectivity index (χ4n) is 5.65. The molecule has 3 aromatic rings. The molecule has 188 valence electrons. The molecule has 3 heterocycles. The van der Waals surface area contributed by atoms with Gasteiger partial charge in [0.15, 0.2) is 0 Å². The van der Waals surface area contributed by atoms with Crippen LogP contribution in [0.15, 0.2) is 60.4 Å². The highest BCUT2D eigenvalue weighted by Crippen LogP contribution is 2.45. The minimum atomic E-state index is -0.576. The van der Waals surface area contributed by atoms with Gasteiger partial charge in [-0.1, -0.05) is 30.3 Å². The topological polar surface area (TPSA) is 114 Å². The SMILES string of the molecule is Cn1nccc1C(=O)NC(C(=O)Nc1ccc2c(c1)NC(=O)C21CCOCC1)=C1CCc2ccccc21. The van der Waals surface area contributed by atoms with Crippen LogP contribution in [0.2, 0.25) is 0 Å². The van der Waals surface area contributed by atoms with E-state index in [2.05, 4.69) is 21.0 Å². The van der Waals surface area contributed by atoms with Gasteiger partial charge in [0.1, 0.15) is 11.4 Å². The van der Waals surface area contributed by atoms with E-state index in [1.165, 1.54) is 10.9 Å². The van der Waals surface area contributed by atoms with Gasteiger partial charge in [0.25, 0.3) is 11.8 Å². The molecule has 0 radical (unpaired) electrons. The van der Waals surface area contributed by atoms with Crippen LogP contribution in [0.25, 0.3) is 5.57 Å². The number of ether oxygens (including phenoxy) is 1. The van der Waals surface area contributed by atoms with E-state index in [0.29, 0.717) is 49.5 Å². The normalized spacial score (nSPS) is 18.7. The van der Waals surface area contributed by atoms with Crippen LogP contribution in [0.5, 0.6) is 0 Å². The number of rotatable bonds is 4. The molecule has 9 nitrogen and oxygen atoms in total. The molecule has 0 saturated carbocycles. The standard InChI is InChI=1S/C28H27N5O4/c1-33-23(10-13-29-33)25(34)32-24(20-8-6-17-4-2-3-5-19(17)20)26(35)30-18-7-9-21-22(16-18)31-27(36)28(21)11-14-37-15-12-28/h2-5,7,9-10,13,16H,6,8,11-12,14-15H2,1H3,(H,30,35)(H,31,36)(H,32,34). The van der Waals surface area contributed by atoms with Crippen LogP contribution in [0.4, 0.5) is 11.4 Å². The Morgan fingerprint density at radius 3 is 2.68 bits per heavy atom. The summed E-state index contributed by atoms with van der Waals surface area (Å²) in [6, 6.07) is 15.0. The van der Waals surface area contributed by atoms with E-state index >= 15 is 0 Å². The molecule has 1 aromatic heterocycles. The van der Waals surface area contributed by atoms with Crippen molar-refractivity contribution in [3.8, 4) is 0 Å². The van der Waals surface area contributed by atoms with E-state index in [9.17, 15) is 14.4 Å². The first-order chi connectivity index (χ1) is 18.0. The number of nitrogens with one attached hydrogen (secondary N) is 3.